The average Bonchev–Trinajstić information content (AvgIpc) is 3.33. The Hall–Kier alpha value is -5.53. The highest BCUT2D eigenvalue weighted by Crippen LogP contribution is 2.29. The Labute approximate surface area is 241 Å². The fraction of sp³-hybridized carbons (Fsp3) is 0.172. The van der Waals surface area contributed by atoms with Crippen molar-refractivity contribution >= 4 is 34.5 Å². The Morgan fingerprint density at radius 2 is 1.88 bits per heavy atom. The summed E-state index contributed by atoms with van der Waals surface area (Å²) in [6.07, 6.45) is 2.64. The molecule has 4 aromatic rings. The first kappa shape index (κ1) is 30.4. The number of primary amides is 1. The van der Waals surface area contributed by atoms with Crippen molar-refractivity contribution in [3.63, 3.8) is 0 Å². The number of amides is 3. The fourth-order valence-electron chi connectivity index (χ4n) is 4.27. The summed E-state index contributed by atoms with van der Waals surface area (Å²) >= 11 is 0. The van der Waals surface area contributed by atoms with Crippen molar-refractivity contribution in [2.24, 2.45) is 5.73 Å². The lowest BCUT2D eigenvalue weighted by Gasteiger charge is -2.16. The van der Waals surface area contributed by atoms with Crippen LogP contribution in [0.15, 0.2) is 71.7 Å². The van der Waals surface area contributed by atoms with Crippen LogP contribution in [0, 0.1) is 17.5 Å². The summed E-state index contributed by atoms with van der Waals surface area (Å²) in [7, 11) is 0. The summed E-state index contributed by atoms with van der Waals surface area (Å²) in [5.41, 5.74) is 5.21. The molecule has 0 unspecified atom stereocenters. The van der Waals surface area contributed by atoms with Gasteiger partial charge in [-0.05, 0) is 55.3 Å². The first-order valence-electron chi connectivity index (χ1n) is 12.8. The van der Waals surface area contributed by atoms with Gasteiger partial charge in [0.2, 0.25) is 11.8 Å². The van der Waals surface area contributed by atoms with E-state index in [0.29, 0.717) is 22.7 Å². The largest absolute Gasteiger partial charge is 0.486 e. The van der Waals surface area contributed by atoms with Crippen LogP contribution in [0.2, 0.25) is 0 Å². The van der Waals surface area contributed by atoms with Crippen molar-refractivity contribution in [2.45, 2.75) is 32.0 Å². The number of pyridine rings is 1. The summed E-state index contributed by atoms with van der Waals surface area (Å²) in [5, 5.41) is 14.0. The van der Waals surface area contributed by atoms with E-state index in [9.17, 15) is 32.3 Å². The topological polar surface area (TPSA) is 169 Å². The maximum Gasteiger partial charge on any atom is 0.405 e. The summed E-state index contributed by atoms with van der Waals surface area (Å²) in [6.45, 7) is -0.320. The van der Waals surface area contributed by atoms with Gasteiger partial charge in [0.15, 0.2) is 0 Å². The van der Waals surface area contributed by atoms with E-state index in [1.165, 1.54) is 41.1 Å². The molecular formula is C29H26F3N5O6. The van der Waals surface area contributed by atoms with Crippen LogP contribution in [-0.4, -0.2) is 38.6 Å². The molecule has 0 radical (unpaired) electrons. The molecule has 224 valence electrons. The third kappa shape index (κ3) is 8.03. The second kappa shape index (κ2) is 13.4. The smallest absolute Gasteiger partial charge is 0.405 e. The lowest BCUT2D eigenvalue weighted by Crippen LogP contribution is -2.44. The summed E-state index contributed by atoms with van der Waals surface area (Å²) in [6, 6.07) is 8.59. The fourth-order valence-corrected chi connectivity index (χ4v) is 4.27. The van der Waals surface area contributed by atoms with Gasteiger partial charge in [-0.1, -0.05) is 6.08 Å². The van der Waals surface area contributed by atoms with Crippen LogP contribution in [0.3, 0.4) is 0 Å². The van der Waals surface area contributed by atoms with Gasteiger partial charge in [-0.2, -0.15) is 0 Å². The normalized spacial score (nSPS) is 11.9. The van der Waals surface area contributed by atoms with E-state index in [2.05, 4.69) is 15.6 Å². The van der Waals surface area contributed by atoms with Gasteiger partial charge in [0.05, 0.1) is 12.1 Å². The highest BCUT2D eigenvalue weighted by Gasteiger charge is 2.21. The van der Waals surface area contributed by atoms with Crippen LogP contribution in [0.4, 0.5) is 23.7 Å². The van der Waals surface area contributed by atoms with Gasteiger partial charge in [0.1, 0.15) is 41.5 Å². The average molecular weight is 598 g/mol. The lowest BCUT2D eigenvalue weighted by molar-refractivity contribution is -0.118. The summed E-state index contributed by atoms with van der Waals surface area (Å²) in [4.78, 5) is 51.0. The zero-order valence-corrected chi connectivity index (χ0v) is 22.4. The molecule has 43 heavy (non-hydrogen) atoms. The number of ether oxygens (including phenoxy) is 1. The zero-order valence-electron chi connectivity index (χ0n) is 22.4. The van der Waals surface area contributed by atoms with Crippen molar-refractivity contribution in [1.82, 2.24) is 14.9 Å². The number of carbonyl (C=O) groups is 3. The van der Waals surface area contributed by atoms with Crippen LogP contribution in [-0.2, 0) is 22.7 Å². The molecule has 0 aliphatic carbocycles. The van der Waals surface area contributed by atoms with E-state index in [-0.39, 0.29) is 43.0 Å². The molecule has 11 nitrogen and oxygen atoms in total. The number of benzene rings is 2. The molecule has 6 N–H and O–H groups in total. The Morgan fingerprint density at radius 3 is 2.60 bits per heavy atom. The molecule has 3 amide bonds. The molecule has 0 aliphatic rings. The Morgan fingerprint density at radius 1 is 1.09 bits per heavy atom. The number of H-pyrrole nitrogens is 1. The van der Waals surface area contributed by atoms with Gasteiger partial charge in [-0.15, -0.1) is 0 Å². The standard InChI is InChI=1S/C29H26F3N5O6/c30-18-8-7-16(21(32)12-18)15-43-24-13-19(31)10-17-11-20(34-26(17)24)14-37-9-3-5-23(28(37)40)35-27(39)22(36-29(41)42)4-1-2-6-25(33)38/h2-3,5-13,22,34,36H,1,4,14-15H2,(H2,33,38)(H,35,39)(H,41,42)/b6-2+/t22-/m0/s1. The monoisotopic (exact) mass is 597 g/mol. The van der Waals surface area contributed by atoms with E-state index < -0.39 is 47.0 Å². The predicted octanol–water partition coefficient (Wildman–Crippen LogP) is 3.77. The molecule has 0 saturated carbocycles. The number of halogens is 3. The second-order valence-corrected chi connectivity index (χ2v) is 9.42. The minimum absolute atomic E-state index is 0.00718. The van der Waals surface area contributed by atoms with E-state index >= 15 is 0 Å². The molecule has 0 fully saturated rings. The minimum Gasteiger partial charge on any atom is -0.486 e. The zero-order chi connectivity index (χ0) is 31.1. The number of rotatable bonds is 12. The van der Waals surface area contributed by atoms with Crippen molar-refractivity contribution in [3.05, 3.63) is 106 Å². The van der Waals surface area contributed by atoms with E-state index in [0.717, 1.165) is 18.2 Å². The molecule has 2 heterocycles. The number of anilines is 1. The predicted molar refractivity (Wildman–Crippen MR) is 150 cm³/mol. The van der Waals surface area contributed by atoms with Gasteiger partial charge >= 0.3 is 6.09 Å². The molecule has 1 atom stereocenters. The van der Waals surface area contributed by atoms with Crippen LogP contribution in [0.25, 0.3) is 10.9 Å². The molecule has 14 heteroatoms. The van der Waals surface area contributed by atoms with E-state index in [1.807, 2.05) is 0 Å². The number of aromatic amines is 1. The molecule has 0 bridgehead atoms. The highest BCUT2D eigenvalue weighted by atomic mass is 19.1. The Balaban J connectivity index is 1.51. The lowest BCUT2D eigenvalue weighted by atomic mass is 10.1. The molecule has 0 saturated heterocycles. The van der Waals surface area contributed by atoms with Gasteiger partial charge < -0.3 is 35.8 Å². The number of allylic oxidation sites excluding steroid dienone is 1. The van der Waals surface area contributed by atoms with Gasteiger partial charge in [0.25, 0.3) is 5.56 Å². The van der Waals surface area contributed by atoms with Gasteiger partial charge in [-0.3, -0.25) is 14.4 Å². The SMILES string of the molecule is NC(=O)/C=C/CC[C@H](NC(=O)O)C(=O)Nc1cccn(Cc2cc3cc(F)cc(OCc4ccc(F)cc4F)c3[nH]2)c1=O. The second-order valence-electron chi connectivity index (χ2n) is 9.42. The van der Waals surface area contributed by atoms with E-state index in [1.54, 1.807) is 6.07 Å². The third-order valence-electron chi connectivity index (χ3n) is 6.25. The van der Waals surface area contributed by atoms with Crippen LogP contribution < -0.4 is 26.7 Å². The highest BCUT2D eigenvalue weighted by molar-refractivity contribution is 5.96. The number of nitrogens with one attached hydrogen (secondary N) is 3. The minimum atomic E-state index is -1.45. The van der Waals surface area contributed by atoms with Crippen molar-refractivity contribution in [1.29, 1.82) is 0 Å². The van der Waals surface area contributed by atoms with Gasteiger partial charge in [0, 0.05) is 35.0 Å². The van der Waals surface area contributed by atoms with Gasteiger partial charge in [-0.25, -0.2) is 18.0 Å². The molecule has 0 aliphatic heterocycles. The molecule has 0 spiro atoms. The van der Waals surface area contributed by atoms with Crippen LogP contribution in [0.1, 0.15) is 24.1 Å². The molecule has 4 rings (SSSR count). The number of carbonyl (C=O) groups excluding carboxylic acids is 2. The Bertz CT molecular complexity index is 1770. The maximum atomic E-state index is 14.3. The number of nitrogens with two attached hydrogens (primary N) is 1. The number of carboxylic acid groups (broad SMARTS) is 1. The number of hydrogen-bond donors (Lipinski definition) is 5. The number of nitrogens with zero attached hydrogens (tertiary/aromatic N) is 1. The van der Waals surface area contributed by atoms with Crippen LogP contribution in [0.5, 0.6) is 5.75 Å². The maximum absolute atomic E-state index is 14.3. The quantitative estimate of drug-likeness (QED) is 0.156. The summed E-state index contributed by atoms with van der Waals surface area (Å²) in [5.74, 6) is -3.58. The molecule has 2 aromatic carbocycles. The molecular weight excluding hydrogens is 571 g/mol. The first-order valence-corrected chi connectivity index (χ1v) is 12.8. The van der Waals surface area contributed by atoms with E-state index in [4.69, 9.17) is 15.6 Å². The number of fused-ring (bicyclic) bond motifs is 1. The number of hydrogen-bond acceptors (Lipinski definition) is 5. The van der Waals surface area contributed by atoms with Crippen molar-refractivity contribution in [2.75, 3.05) is 5.32 Å². The van der Waals surface area contributed by atoms with Crippen molar-refractivity contribution in [3.8, 4) is 5.75 Å². The van der Waals surface area contributed by atoms with Crippen molar-refractivity contribution < 1.29 is 37.4 Å². The Kier molecular flexibility index (Phi) is 9.50. The third-order valence-corrected chi connectivity index (χ3v) is 6.25. The first-order chi connectivity index (χ1) is 20.5. The molecule has 2 aromatic heterocycles. The summed E-state index contributed by atoms with van der Waals surface area (Å²) < 4.78 is 48.5. The number of aromatic nitrogens is 2. The van der Waals surface area contributed by atoms with Crippen LogP contribution >= 0.6 is 0 Å².